The van der Waals surface area contributed by atoms with Gasteiger partial charge in [-0.15, -0.1) is 0 Å². The minimum atomic E-state index is -0.878. The third-order valence-electron chi connectivity index (χ3n) is 5.39. The summed E-state index contributed by atoms with van der Waals surface area (Å²) in [5.74, 6) is -0.892. The molecule has 4 aromatic rings. The molecule has 3 heterocycles. The molecule has 0 N–H and O–H groups in total. The first-order valence-corrected chi connectivity index (χ1v) is 11.3. The summed E-state index contributed by atoms with van der Waals surface area (Å²) < 4.78 is 33.8. The van der Waals surface area contributed by atoms with Gasteiger partial charge in [-0.3, -0.25) is 14.3 Å². The van der Waals surface area contributed by atoms with Gasteiger partial charge in [-0.05, 0) is 25.1 Å². The molecule has 7 nitrogen and oxygen atoms in total. The van der Waals surface area contributed by atoms with Crippen LogP contribution in [0.25, 0.3) is 16.9 Å². The molecule has 36 heavy (non-hydrogen) atoms. The summed E-state index contributed by atoms with van der Waals surface area (Å²) in [5.41, 5.74) is 1.56. The lowest BCUT2D eigenvalue weighted by atomic mass is 10.1. The maximum atomic E-state index is 13.9. The smallest absolute Gasteiger partial charge is 0.277 e. The Bertz CT molecular complexity index is 1560. The number of nitriles is 1. The number of pyridine rings is 2. The molecule has 4 rings (SSSR count). The van der Waals surface area contributed by atoms with Gasteiger partial charge in [0.25, 0.3) is 5.56 Å². The van der Waals surface area contributed by atoms with Crippen molar-refractivity contribution in [2.45, 2.75) is 33.3 Å². The van der Waals surface area contributed by atoms with Crippen LogP contribution in [0.3, 0.4) is 0 Å². The molecule has 0 fully saturated rings. The molecule has 0 amide bonds. The van der Waals surface area contributed by atoms with E-state index in [2.05, 4.69) is 21.0 Å². The first kappa shape index (κ1) is 24.9. The van der Waals surface area contributed by atoms with Crippen molar-refractivity contribution in [3.8, 4) is 28.8 Å². The summed E-state index contributed by atoms with van der Waals surface area (Å²) >= 11 is 6.32. The molecule has 0 spiro atoms. The third-order valence-corrected chi connectivity index (χ3v) is 5.74. The van der Waals surface area contributed by atoms with Crippen molar-refractivity contribution in [2.24, 2.45) is 0 Å². The molecule has 10 heteroatoms. The van der Waals surface area contributed by atoms with Gasteiger partial charge in [-0.25, -0.2) is 18.7 Å². The first-order valence-electron chi connectivity index (χ1n) is 10.9. The van der Waals surface area contributed by atoms with E-state index in [4.69, 9.17) is 16.3 Å². The van der Waals surface area contributed by atoms with Gasteiger partial charge in [0.15, 0.2) is 5.82 Å². The van der Waals surface area contributed by atoms with Crippen LogP contribution in [0.2, 0.25) is 5.02 Å². The van der Waals surface area contributed by atoms with Gasteiger partial charge < -0.3 is 4.74 Å². The maximum absolute atomic E-state index is 13.9. The second-order valence-electron chi connectivity index (χ2n) is 8.27. The van der Waals surface area contributed by atoms with Crippen LogP contribution in [0.15, 0.2) is 53.6 Å². The molecule has 0 bridgehead atoms. The van der Waals surface area contributed by atoms with E-state index >= 15 is 0 Å². The Morgan fingerprint density at radius 2 is 1.94 bits per heavy atom. The summed E-state index contributed by atoms with van der Waals surface area (Å²) in [4.78, 5) is 25.8. The van der Waals surface area contributed by atoms with Crippen LogP contribution >= 0.6 is 11.6 Å². The van der Waals surface area contributed by atoms with Crippen molar-refractivity contribution in [3.05, 3.63) is 98.6 Å². The van der Waals surface area contributed by atoms with Gasteiger partial charge >= 0.3 is 0 Å². The van der Waals surface area contributed by atoms with Crippen LogP contribution in [0.4, 0.5) is 8.78 Å². The summed E-state index contributed by atoms with van der Waals surface area (Å²) in [6.45, 7) is 5.26. The van der Waals surface area contributed by atoms with Crippen molar-refractivity contribution in [1.82, 2.24) is 19.5 Å². The van der Waals surface area contributed by atoms with E-state index in [0.29, 0.717) is 34.5 Å². The molecule has 0 aliphatic carbocycles. The Morgan fingerprint density at radius 3 is 2.64 bits per heavy atom. The van der Waals surface area contributed by atoms with E-state index < -0.39 is 17.2 Å². The van der Waals surface area contributed by atoms with Crippen LogP contribution in [0, 0.1) is 29.9 Å². The van der Waals surface area contributed by atoms with Gasteiger partial charge in [-0.1, -0.05) is 31.5 Å². The molecule has 0 aliphatic rings. The minimum Gasteiger partial charge on any atom is -0.485 e. The highest BCUT2D eigenvalue weighted by molar-refractivity contribution is 6.31. The normalized spacial score (nSPS) is 10.9. The quantitative estimate of drug-likeness (QED) is 0.342. The lowest BCUT2D eigenvalue weighted by Gasteiger charge is -2.16. The molecule has 3 aromatic heterocycles. The first-order chi connectivity index (χ1) is 17.2. The average molecular weight is 508 g/mol. The van der Waals surface area contributed by atoms with Crippen molar-refractivity contribution in [1.29, 1.82) is 5.26 Å². The monoisotopic (exact) mass is 507 g/mol. The summed E-state index contributed by atoms with van der Waals surface area (Å²) in [5, 5.41) is 9.44. The van der Waals surface area contributed by atoms with Gasteiger partial charge in [0.2, 0.25) is 0 Å². The molecule has 0 saturated heterocycles. The fourth-order valence-electron chi connectivity index (χ4n) is 3.56. The lowest BCUT2D eigenvalue weighted by Crippen LogP contribution is -2.23. The number of benzene rings is 1. The van der Waals surface area contributed by atoms with Crippen LogP contribution in [0.5, 0.6) is 5.75 Å². The molecule has 0 unspecified atom stereocenters. The Balaban J connectivity index is 1.75. The van der Waals surface area contributed by atoms with Crippen LogP contribution < -0.4 is 10.3 Å². The number of halogens is 3. The minimum absolute atomic E-state index is 0.00739. The van der Waals surface area contributed by atoms with Gasteiger partial charge in [0, 0.05) is 35.5 Å². The zero-order valence-corrected chi connectivity index (χ0v) is 20.3. The number of ether oxygens (including phenoxy) is 1. The highest BCUT2D eigenvalue weighted by Gasteiger charge is 2.18. The maximum Gasteiger partial charge on any atom is 0.277 e. The fourth-order valence-corrected chi connectivity index (χ4v) is 3.76. The highest BCUT2D eigenvalue weighted by atomic mass is 35.5. The van der Waals surface area contributed by atoms with E-state index in [0.717, 1.165) is 6.20 Å². The van der Waals surface area contributed by atoms with E-state index in [9.17, 15) is 18.8 Å². The topological polar surface area (TPSA) is 93.7 Å². The predicted molar refractivity (Wildman–Crippen MR) is 130 cm³/mol. The summed E-state index contributed by atoms with van der Waals surface area (Å²) in [6, 6.07) is 11.1. The van der Waals surface area contributed by atoms with E-state index in [1.54, 1.807) is 37.4 Å². The second kappa shape index (κ2) is 10.2. The molecule has 0 saturated carbocycles. The molecule has 182 valence electrons. The van der Waals surface area contributed by atoms with Crippen molar-refractivity contribution in [3.63, 3.8) is 0 Å². The molecular weight excluding hydrogens is 488 g/mol. The fraction of sp³-hybridized carbons (Fsp3) is 0.192. The standard InChI is InChI=1S/C26H20ClF2N5O2/c1-14(2)25-31-7-6-20(33-25)16-4-5-17(11-30)22(9-16)34-15(3)8-23(24(27)26(34)35)36-13-21-19(29)10-18(28)12-32-21/h4-10,12,14H,13H2,1-3H3. The lowest BCUT2D eigenvalue weighted by molar-refractivity contribution is 0.292. The Morgan fingerprint density at radius 1 is 1.17 bits per heavy atom. The average Bonchev–Trinajstić information content (AvgIpc) is 2.86. The molecular formula is C26H20ClF2N5O2. The Hall–Kier alpha value is -4.16. The summed E-state index contributed by atoms with van der Waals surface area (Å²) in [7, 11) is 0. The largest absolute Gasteiger partial charge is 0.485 e. The van der Waals surface area contributed by atoms with E-state index in [1.807, 2.05) is 13.8 Å². The van der Waals surface area contributed by atoms with Gasteiger partial charge in [-0.2, -0.15) is 5.26 Å². The van der Waals surface area contributed by atoms with Crippen LogP contribution in [-0.2, 0) is 6.61 Å². The molecule has 1 aromatic carbocycles. The SMILES string of the molecule is Cc1cc(OCc2ncc(F)cc2F)c(Cl)c(=O)n1-c1cc(-c2ccnc(C(C)C)n2)ccc1C#N. The van der Waals surface area contributed by atoms with Crippen molar-refractivity contribution in [2.75, 3.05) is 0 Å². The van der Waals surface area contributed by atoms with E-state index in [1.165, 1.54) is 10.6 Å². The number of hydrogen-bond acceptors (Lipinski definition) is 6. The van der Waals surface area contributed by atoms with Crippen molar-refractivity contribution < 1.29 is 13.5 Å². The van der Waals surface area contributed by atoms with Crippen LogP contribution in [-0.4, -0.2) is 19.5 Å². The third kappa shape index (κ3) is 4.95. The van der Waals surface area contributed by atoms with Gasteiger partial charge in [0.1, 0.15) is 40.8 Å². The second-order valence-corrected chi connectivity index (χ2v) is 8.65. The Kier molecular flexibility index (Phi) is 7.08. The molecule has 0 aliphatic heterocycles. The zero-order chi connectivity index (χ0) is 26.0. The number of hydrogen-bond donors (Lipinski definition) is 0. The van der Waals surface area contributed by atoms with Crippen LogP contribution in [0.1, 0.15) is 42.5 Å². The van der Waals surface area contributed by atoms with Crippen molar-refractivity contribution >= 4 is 11.6 Å². The number of aryl methyl sites for hydroxylation is 1. The molecule has 0 atom stereocenters. The number of aromatic nitrogens is 4. The number of nitrogens with zero attached hydrogens (tertiary/aromatic N) is 5. The molecule has 0 radical (unpaired) electrons. The van der Waals surface area contributed by atoms with Gasteiger partial charge in [0.05, 0.1) is 23.1 Å². The number of rotatable bonds is 6. The Labute approximate surface area is 210 Å². The van der Waals surface area contributed by atoms with E-state index in [-0.39, 0.29) is 34.6 Å². The zero-order valence-electron chi connectivity index (χ0n) is 19.6. The predicted octanol–water partition coefficient (Wildman–Crippen LogP) is 5.50. The summed E-state index contributed by atoms with van der Waals surface area (Å²) in [6.07, 6.45) is 2.53. The highest BCUT2D eigenvalue weighted by Crippen LogP contribution is 2.28.